The van der Waals surface area contributed by atoms with Gasteiger partial charge in [0.15, 0.2) is 0 Å². The molecule has 1 aromatic heterocycles. The Labute approximate surface area is 51.4 Å². The Morgan fingerprint density at radius 2 is 2.62 bits per heavy atom. The quantitative estimate of drug-likeness (QED) is 0.615. The number of hydrogen-bond acceptors (Lipinski definition) is 3. The van der Waals surface area contributed by atoms with Crippen LogP contribution in [0.4, 0.5) is 0 Å². The van der Waals surface area contributed by atoms with Crippen molar-refractivity contribution in [1.82, 2.24) is 5.16 Å². The van der Waals surface area contributed by atoms with Gasteiger partial charge in [0.25, 0.3) is 0 Å². The van der Waals surface area contributed by atoms with Crippen LogP contribution in [0.1, 0.15) is 5.56 Å². The Bertz CT molecular complexity index is 174. The van der Waals surface area contributed by atoms with Crippen LogP contribution < -0.4 is 5.73 Å². The highest BCUT2D eigenvalue weighted by atomic mass is 35.5. The molecule has 3 nitrogen and oxygen atoms in total. The molecule has 4 heteroatoms. The van der Waals surface area contributed by atoms with Crippen LogP contribution in [-0.4, -0.2) is 5.16 Å². The SMILES string of the molecule is NCc1cnoc1Cl. The molecule has 0 spiro atoms. The van der Waals surface area contributed by atoms with Gasteiger partial charge in [-0.05, 0) is 11.6 Å². The van der Waals surface area contributed by atoms with Gasteiger partial charge >= 0.3 is 0 Å². The Morgan fingerprint density at radius 3 is 2.88 bits per heavy atom. The first-order valence-corrected chi connectivity index (χ1v) is 2.51. The monoisotopic (exact) mass is 132 g/mol. The van der Waals surface area contributed by atoms with Crippen LogP contribution in [0, 0.1) is 0 Å². The lowest BCUT2D eigenvalue weighted by molar-refractivity contribution is 0.421. The predicted octanol–water partition coefficient (Wildman–Crippen LogP) is 0.787. The van der Waals surface area contributed by atoms with Gasteiger partial charge in [-0.3, -0.25) is 0 Å². The molecular formula is C4H5ClN2O. The van der Waals surface area contributed by atoms with Crippen LogP contribution >= 0.6 is 11.6 Å². The molecule has 44 valence electrons. The largest absolute Gasteiger partial charge is 0.344 e. The standard InChI is InChI=1S/C4H5ClN2O/c5-4-3(1-6)2-7-8-4/h2H,1,6H2. The second kappa shape index (κ2) is 2.15. The van der Waals surface area contributed by atoms with Gasteiger partial charge < -0.3 is 10.3 Å². The van der Waals surface area contributed by atoms with E-state index in [9.17, 15) is 0 Å². The zero-order valence-corrected chi connectivity index (χ0v) is 4.85. The number of hydrogen-bond donors (Lipinski definition) is 1. The summed E-state index contributed by atoms with van der Waals surface area (Å²) in [4.78, 5) is 0. The molecule has 0 bridgehead atoms. The van der Waals surface area contributed by atoms with E-state index in [0.717, 1.165) is 5.56 Å². The van der Waals surface area contributed by atoms with E-state index in [-0.39, 0.29) is 5.22 Å². The molecule has 1 heterocycles. The van der Waals surface area contributed by atoms with Gasteiger partial charge in [0.2, 0.25) is 5.22 Å². The van der Waals surface area contributed by atoms with Gasteiger partial charge in [-0.15, -0.1) is 0 Å². The maximum Gasteiger partial charge on any atom is 0.230 e. The normalized spacial score (nSPS) is 9.75. The topological polar surface area (TPSA) is 52.0 Å². The lowest BCUT2D eigenvalue weighted by atomic mass is 10.4. The maximum absolute atomic E-state index is 5.43. The average Bonchev–Trinajstić information content (AvgIpc) is 2.14. The van der Waals surface area contributed by atoms with Gasteiger partial charge in [0.05, 0.1) is 6.20 Å². The van der Waals surface area contributed by atoms with Crippen LogP contribution in [0.5, 0.6) is 0 Å². The fourth-order valence-electron chi connectivity index (χ4n) is 0.379. The van der Waals surface area contributed by atoms with Crippen LogP contribution in [0.3, 0.4) is 0 Å². The first-order valence-electron chi connectivity index (χ1n) is 2.13. The van der Waals surface area contributed by atoms with Crippen LogP contribution in [0.15, 0.2) is 10.7 Å². The van der Waals surface area contributed by atoms with Gasteiger partial charge in [-0.1, -0.05) is 5.16 Å². The number of aromatic nitrogens is 1. The molecule has 2 N–H and O–H groups in total. The van der Waals surface area contributed by atoms with Crippen molar-refractivity contribution in [3.63, 3.8) is 0 Å². The van der Waals surface area contributed by atoms with E-state index in [0.29, 0.717) is 6.54 Å². The number of halogens is 1. The third-order valence-electron chi connectivity index (χ3n) is 0.814. The number of nitrogens with two attached hydrogens (primary N) is 1. The van der Waals surface area contributed by atoms with E-state index >= 15 is 0 Å². The summed E-state index contributed by atoms with van der Waals surface area (Å²) in [5, 5.41) is 3.69. The third-order valence-corrected chi connectivity index (χ3v) is 1.13. The lowest BCUT2D eigenvalue weighted by Gasteiger charge is -1.81. The molecule has 0 atom stereocenters. The Kier molecular flexibility index (Phi) is 1.50. The minimum Gasteiger partial charge on any atom is -0.344 e. The van der Waals surface area contributed by atoms with Crippen LogP contribution in [-0.2, 0) is 6.54 Å². The molecule has 0 aliphatic rings. The highest BCUT2D eigenvalue weighted by Gasteiger charge is 1.99. The van der Waals surface area contributed by atoms with Crippen molar-refractivity contribution in [2.45, 2.75) is 6.54 Å². The molecule has 0 aliphatic heterocycles. The van der Waals surface area contributed by atoms with E-state index in [2.05, 4.69) is 9.68 Å². The summed E-state index contributed by atoms with van der Waals surface area (Å²) in [5.74, 6) is 0. The minimum atomic E-state index is 0.285. The zero-order chi connectivity index (χ0) is 5.98. The van der Waals surface area contributed by atoms with Gasteiger partial charge in [-0.2, -0.15) is 0 Å². The first-order chi connectivity index (χ1) is 3.84. The Hall–Kier alpha value is -0.540. The summed E-state index contributed by atoms with van der Waals surface area (Å²) in [6.45, 7) is 0.377. The molecule has 0 aromatic carbocycles. The summed E-state index contributed by atoms with van der Waals surface area (Å²) >= 11 is 5.43. The molecule has 0 saturated carbocycles. The highest BCUT2D eigenvalue weighted by Crippen LogP contribution is 2.12. The van der Waals surface area contributed by atoms with Crippen molar-refractivity contribution in [2.24, 2.45) is 5.73 Å². The smallest absolute Gasteiger partial charge is 0.230 e. The second-order valence-corrected chi connectivity index (χ2v) is 1.67. The van der Waals surface area contributed by atoms with Gasteiger partial charge in [0, 0.05) is 12.1 Å². The fraction of sp³-hybridized carbons (Fsp3) is 0.250. The van der Waals surface area contributed by atoms with Crippen molar-refractivity contribution in [1.29, 1.82) is 0 Å². The molecule has 0 amide bonds. The molecule has 0 saturated heterocycles. The molecule has 0 fully saturated rings. The third kappa shape index (κ3) is 0.827. The molecule has 0 unspecified atom stereocenters. The van der Waals surface area contributed by atoms with Crippen molar-refractivity contribution in [3.8, 4) is 0 Å². The molecular weight excluding hydrogens is 128 g/mol. The van der Waals surface area contributed by atoms with E-state index in [4.69, 9.17) is 17.3 Å². The molecule has 1 aromatic rings. The molecule has 0 radical (unpaired) electrons. The number of rotatable bonds is 1. The van der Waals surface area contributed by atoms with Gasteiger partial charge in [0.1, 0.15) is 0 Å². The molecule has 1 rings (SSSR count). The highest BCUT2D eigenvalue weighted by molar-refractivity contribution is 6.29. The Morgan fingerprint density at radius 1 is 1.88 bits per heavy atom. The fourth-order valence-corrected chi connectivity index (χ4v) is 0.544. The van der Waals surface area contributed by atoms with Crippen molar-refractivity contribution < 1.29 is 4.52 Å². The van der Waals surface area contributed by atoms with Crippen molar-refractivity contribution in [2.75, 3.05) is 0 Å². The maximum atomic E-state index is 5.43. The number of nitrogens with zero attached hydrogens (tertiary/aromatic N) is 1. The van der Waals surface area contributed by atoms with E-state index in [1.54, 1.807) is 0 Å². The molecule has 8 heavy (non-hydrogen) atoms. The second-order valence-electron chi connectivity index (χ2n) is 1.33. The summed E-state index contributed by atoms with van der Waals surface area (Å²) in [7, 11) is 0. The van der Waals surface area contributed by atoms with E-state index in [1.165, 1.54) is 6.20 Å². The summed E-state index contributed by atoms with van der Waals surface area (Å²) in [6.07, 6.45) is 1.50. The zero-order valence-electron chi connectivity index (χ0n) is 4.10. The molecule has 0 aliphatic carbocycles. The van der Waals surface area contributed by atoms with Gasteiger partial charge in [-0.25, -0.2) is 0 Å². The van der Waals surface area contributed by atoms with Crippen molar-refractivity contribution >= 4 is 11.6 Å². The first kappa shape index (κ1) is 5.59. The average molecular weight is 133 g/mol. The van der Waals surface area contributed by atoms with Crippen LogP contribution in [0.25, 0.3) is 0 Å². The minimum absolute atomic E-state index is 0.285. The Balaban J connectivity index is 2.92. The summed E-state index contributed by atoms with van der Waals surface area (Å²) in [5.41, 5.74) is 5.95. The summed E-state index contributed by atoms with van der Waals surface area (Å²) < 4.78 is 4.49. The predicted molar refractivity (Wildman–Crippen MR) is 29.4 cm³/mol. The van der Waals surface area contributed by atoms with E-state index in [1.807, 2.05) is 0 Å². The summed E-state index contributed by atoms with van der Waals surface area (Å²) in [6, 6.07) is 0. The van der Waals surface area contributed by atoms with E-state index < -0.39 is 0 Å². The van der Waals surface area contributed by atoms with Crippen LogP contribution in [0.2, 0.25) is 5.22 Å². The van der Waals surface area contributed by atoms with Crippen molar-refractivity contribution in [3.05, 3.63) is 17.0 Å². The lowest BCUT2D eigenvalue weighted by Crippen LogP contribution is -1.93.